The molecule has 2 fully saturated rings. The molecule has 1 aromatic heterocycles. The molecular weight excluding hydrogens is 345 g/mol. The summed E-state index contributed by atoms with van der Waals surface area (Å²) in [7, 11) is 0. The van der Waals surface area contributed by atoms with E-state index in [0.29, 0.717) is 41.4 Å². The fraction of sp³-hybridized carbons (Fsp3) is 0.444. The van der Waals surface area contributed by atoms with Gasteiger partial charge < -0.3 is 15.2 Å². The van der Waals surface area contributed by atoms with Crippen molar-refractivity contribution in [2.24, 2.45) is 11.8 Å². The largest absolute Gasteiger partial charge is 0.339 e. The van der Waals surface area contributed by atoms with Crippen LogP contribution in [0, 0.1) is 17.7 Å². The molecule has 2 aromatic rings. The second-order valence-electron chi connectivity index (χ2n) is 6.79. The molecule has 2 N–H and O–H groups in total. The molecule has 2 atom stereocenters. The van der Waals surface area contributed by atoms with Crippen molar-refractivity contribution in [3.8, 4) is 0 Å². The molecule has 1 amide bonds. The number of aromatic amines is 1. The van der Waals surface area contributed by atoms with Crippen LogP contribution >= 0.6 is 12.4 Å². The van der Waals surface area contributed by atoms with Crippen LogP contribution in [0.5, 0.6) is 0 Å². The summed E-state index contributed by atoms with van der Waals surface area (Å²) in [5, 5.41) is 4.01. The van der Waals surface area contributed by atoms with E-state index in [1.54, 1.807) is 6.07 Å². The smallest absolute Gasteiger partial charge is 0.254 e. The minimum atomic E-state index is -0.433. The van der Waals surface area contributed by atoms with Crippen molar-refractivity contribution in [2.45, 2.75) is 12.8 Å². The van der Waals surface area contributed by atoms with E-state index < -0.39 is 5.82 Å². The lowest BCUT2D eigenvalue weighted by Crippen LogP contribution is -2.33. The predicted molar refractivity (Wildman–Crippen MR) is 96.8 cm³/mol. The van der Waals surface area contributed by atoms with Gasteiger partial charge in [-0.2, -0.15) is 0 Å². The van der Waals surface area contributed by atoms with Crippen LogP contribution in [0.3, 0.4) is 0 Å². The van der Waals surface area contributed by atoms with Crippen LogP contribution in [0.25, 0.3) is 10.9 Å². The van der Waals surface area contributed by atoms with Crippen molar-refractivity contribution >= 4 is 29.2 Å². The van der Waals surface area contributed by atoms with Crippen LogP contribution in [0.1, 0.15) is 23.2 Å². The maximum atomic E-state index is 13.4. The van der Waals surface area contributed by atoms with Gasteiger partial charge in [0.15, 0.2) is 0 Å². The Morgan fingerprint density at radius 2 is 1.80 bits per heavy atom. The molecule has 7 heteroatoms. The summed E-state index contributed by atoms with van der Waals surface area (Å²) in [5.41, 5.74) is 0.341. The molecule has 25 heavy (non-hydrogen) atoms. The number of benzene rings is 1. The zero-order valence-corrected chi connectivity index (χ0v) is 14.6. The minimum Gasteiger partial charge on any atom is -0.339 e. The van der Waals surface area contributed by atoms with Gasteiger partial charge in [0.1, 0.15) is 5.82 Å². The molecular formula is C18H21ClFN3O2. The fourth-order valence-electron chi connectivity index (χ4n) is 4.00. The zero-order valence-electron chi connectivity index (χ0n) is 13.8. The summed E-state index contributed by atoms with van der Waals surface area (Å²) in [6.07, 6.45) is 1.97. The summed E-state index contributed by atoms with van der Waals surface area (Å²) in [5.74, 6) is 0.698. The molecule has 134 valence electrons. The van der Waals surface area contributed by atoms with Gasteiger partial charge in [-0.15, -0.1) is 12.4 Å². The van der Waals surface area contributed by atoms with Crippen molar-refractivity contribution < 1.29 is 9.18 Å². The Morgan fingerprint density at radius 1 is 1.12 bits per heavy atom. The van der Waals surface area contributed by atoms with E-state index in [0.717, 1.165) is 25.9 Å². The fourth-order valence-corrected chi connectivity index (χ4v) is 4.00. The molecule has 0 spiro atoms. The molecule has 0 saturated carbocycles. The van der Waals surface area contributed by atoms with E-state index in [-0.39, 0.29) is 23.9 Å². The number of amides is 1. The number of fused-ring (bicyclic) bond motifs is 2. The Hall–Kier alpha value is -1.92. The lowest BCUT2D eigenvalue weighted by atomic mass is 9.92. The van der Waals surface area contributed by atoms with Gasteiger partial charge in [0.05, 0.1) is 11.1 Å². The van der Waals surface area contributed by atoms with Crippen molar-refractivity contribution in [2.75, 3.05) is 26.2 Å². The number of carbonyl (C=O) groups excluding carboxylic acids is 1. The maximum absolute atomic E-state index is 13.4. The first-order valence-corrected chi connectivity index (χ1v) is 8.44. The normalized spacial score (nSPS) is 23.0. The molecule has 0 unspecified atom stereocenters. The number of nitrogens with zero attached hydrogens (tertiary/aromatic N) is 1. The lowest BCUT2D eigenvalue weighted by Gasteiger charge is -2.21. The van der Waals surface area contributed by atoms with E-state index in [9.17, 15) is 14.0 Å². The van der Waals surface area contributed by atoms with E-state index in [1.807, 2.05) is 4.90 Å². The number of hydrogen-bond donors (Lipinski definition) is 2. The minimum absolute atomic E-state index is 0. The number of rotatable bonds is 1. The number of pyridine rings is 1. The average molecular weight is 366 g/mol. The topological polar surface area (TPSA) is 65.2 Å². The highest BCUT2D eigenvalue weighted by atomic mass is 35.5. The number of likely N-dealkylation sites (tertiary alicyclic amines) is 1. The van der Waals surface area contributed by atoms with Crippen LogP contribution in [0.4, 0.5) is 4.39 Å². The highest BCUT2D eigenvalue weighted by Crippen LogP contribution is 2.28. The van der Waals surface area contributed by atoms with Crippen molar-refractivity contribution in [1.29, 1.82) is 0 Å². The van der Waals surface area contributed by atoms with Crippen LogP contribution in [-0.4, -0.2) is 42.0 Å². The zero-order chi connectivity index (χ0) is 16.7. The Labute approximate surface area is 151 Å². The Kier molecular flexibility index (Phi) is 5.11. The molecule has 3 heterocycles. The Morgan fingerprint density at radius 3 is 2.48 bits per heavy atom. The second kappa shape index (κ2) is 7.14. The first kappa shape index (κ1) is 17.9. The van der Waals surface area contributed by atoms with Gasteiger partial charge >= 0.3 is 0 Å². The van der Waals surface area contributed by atoms with Crippen LogP contribution in [-0.2, 0) is 0 Å². The first-order valence-electron chi connectivity index (χ1n) is 8.44. The van der Waals surface area contributed by atoms with E-state index in [1.165, 1.54) is 18.2 Å². The van der Waals surface area contributed by atoms with Gasteiger partial charge in [0.25, 0.3) is 5.91 Å². The molecule has 2 aliphatic rings. The second-order valence-corrected chi connectivity index (χ2v) is 6.79. The predicted octanol–water partition coefficient (Wildman–Crippen LogP) is 2.16. The van der Waals surface area contributed by atoms with Crippen LogP contribution < -0.4 is 10.9 Å². The standard InChI is InChI=1S/C18H20FN3O2.ClH/c19-13-1-2-14-15(8-17(23)21-16(14)7-13)18(24)22-5-3-11-9-20-10-12(11)4-6-22;/h1-2,7-8,11-12,20H,3-6,9-10H2,(H,21,23);1H/t11-,12+;. The van der Waals surface area contributed by atoms with E-state index in [4.69, 9.17) is 0 Å². The summed E-state index contributed by atoms with van der Waals surface area (Å²) in [6, 6.07) is 5.46. The van der Waals surface area contributed by atoms with Gasteiger partial charge in [-0.25, -0.2) is 4.39 Å². The Balaban J connectivity index is 0.00000182. The molecule has 4 rings (SSSR count). The average Bonchev–Trinajstić information content (AvgIpc) is 2.91. The maximum Gasteiger partial charge on any atom is 0.254 e. The number of H-pyrrole nitrogens is 1. The van der Waals surface area contributed by atoms with E-state index in [2.05, 4.69) is 10.3 Å². The van der Waals surface area contributed by atoms with Gasteiger partial charge in [0.2, 0.25) is 5.56 Å². The van der Waals surface area contributed by atoms with Gasteiger partial charge in [-0.1, -0.05) is 0 Å². The summed E-state index contributed by atoms with van der Waals surface area (Å²) in [6.45, 7) is 3.47. The number of nitrogens with one attached hydrogen (secondary N) is 2. The van der Waals surface area contributed by atoms with Gasteiger partial charge in [0, 0.05) is 24.5 Å². The Bertz CT molecular complexity index is 840. The monoisotopic (exact) mass is 365 g/mol. The van der Waals surface area contributed by atoms with Crippen LogP contribution in [0.15, 0.2) is 29.1 Å². The lowest BCUT2D eigenvalue weighted by molar-refractivity contribution is 0.0760. The third kappa shape index (κ3) is 3.41. The summed E-state index contributed by atoms with van der Waals surface area (Å²) in [4.78, 5) is 29.3. The molecule has 1 aromatic carbocycles. The third-order valence-electron chi connectivity index (χ3n) is 5.34. The van der Waals surface area contributed by atoms with Crippen molar-refractivity contribution in [3.63, 3.8) is 0 Å². The SMILES string of the molecule is Cl.O=C(c1cc(=O)[nH]c2cc(F)ccc12)N1CC[C@@H]2CNC[C@@H]2CC1. The van der Waals surface area contributed by atoms with E-state index >= 15 is 0 Å². The van der Waals surface area contributed by atoms with Gasteiger partial charge in [-0.3, -0.25) is 9.59 Å². The quantitative estimate of drug-likeness (QED) is 0.814. The summed E-state index contributed by atoms with van der Waals surface area (Å²) >= 11 is 0. The molecule has 5 nitrogen and oxygen atoms in total. The van der Waals surface area contributed by atoms with Crippen LogP contribution in [0.2, 0.25) is 0 Å². The highest BCUT2D eigenvalue weighted by Gasteiger charge is 2.32. The molecule has 0 radical (unpaired) electrons. The van der Waals surface area contributed by atoms with Crippen molar-refractivity contribution in [1.82, 2.24) is 15.2 Å². The number of carbonyl (C=O) groups is 1. The molecule has 2 aliphatic heterocycles. The third-order valence-corrected chi connectivity index (χ3v) is 5.34. The number of halogens is 2. The highest BCUT2D eigenvalue weighted by molar-refractivity contribution is 6.05. The number of aromatic nitrogens is 1. The summed E-state index contributed by atoms with van der Waals surface area (Å²) < 4.78 is 13.4. The van der Waals surface area contributed by atoms with Crippen molar-refractivity contribution in [3.05, 3.63) is 46.0 Å². The molecule has 0 bridgehead atoms. The van der Waals surface area contributed by atoms with Gasteiger partial charge in [-0.05, 0) is 56.0 Å². The number of hydrogen-bond acceptors (Lipinski definition) is 3. The first-order chi connectivity index (χ1) is 11.6. The molecule has 0 aliphatic carbocycles. The molecule has 2 saturated heterocycles.